The van der Waals surface area contributed by atoms with Gasteiger partial charge in [0.1, 0.15) is 0 Å². The molecule has 1 saturated carbocycles. The average Bonchev–Trinajstić information content (AvgIpc) is 2.82. The highest BCUT2D eigenvalue weighted by atomic mass is 15.1. The number of aryl methyl sites for hydroxylation is 2. The minimum Gasteiger partial charge on any atom is -0.155 e. The molecule has 0 saturated heterocycles. The summed E-state index contributed by atoms with van der Waals surface area (Å²) in [6.07, 6.45) is 20.4. The summed E-state index contributed by atoms with van der Waals surface area (Å²) < 4.78 is 0. The van der Waals surface area contributed by atoms with Crippen molar-refractivity contribution in [2.45, 2.75) is 110 Å². The summed E-state index contributed by atoms with van der Waals surface area (Å²) in [4.78, 5) is 0. The second-order valence-electron chi connectivity index (χ2n) is 9.84. The Morgan fingerprint density at radius 3 is 1.97 bits per heavy atom. The molecule has 0 atom stereocenters. The molecule has 0 N–H and O–H groups in total. The number of hydrogen-bond donors (Lipinski definition) is 0. The van der Waals surface area contributed by atoms with Crippen molar-refractivity contribution in [2.75, 3.05) is 0 Å². The molecular formula is C29H44N2. The van der Waals surface area contributed by atoms with Crippen LogP contribution in [0.25, 0.3) is 11.3 Å². The molecule has 3 rings (SSSR count). The standard InChI is InChI=1S/C29H44N2/c1-3-5-7-9-10-24-12-14-25(15-13-24)16-17-26-18-20-27(21-19-26)29-23-22-28(30-31-29)11-8-6-4-2/h18-25H,3-17H2,1-2H3. The summed E-state index contributed by atoms with van der Waals surface area (Å²) in [7, 11) is 0. The molecule has 2 nitrogen and oxygen atoms in total. The van der Waals surface area contributed by atoms with Gasteiger partial charge in [-0.15, -0.1) is 0 Å². The van der Waals surface area contributed by atoms with Gasteiger partial charge in [-0.2, -0.15) is 10.2 Å². The third-order valence-electron chi connectivity index (χ3n) is 7.28. The Hall–Kier alpha value is -1.70. The zero-order valence-electron chi connectivity index (χ0n) is 20.1. The van der Waals surface area contributed by atoms with E-state index in [1.807, 2.05) is 0 Å². The molecule has 1 aliphatic rings. The van der Waals surface area contributed by atoms with E-state index in [0.29, 0.717) is 0 Å². The van der Waals surface area contributed by atoms with Gasteiger partial charge < -0.3 is 0 Å². The largest absolute Gasteiger partial charge is 0.155 e. The highest BCUT2D eigenvalue weighted by Crippen LogP contribution is 2.34. The first kappa shape index (κ1) is 24.0. The lowest BCUT2D eigenvalue weighted by Crippen LogP contribution is -2.15. The predicted molar refractivity (Wildman–Crippen MR) is 133 cm³/mol. The van der Waals surface area contributed by atoms with Crippen molar-refractivity contribution in [3.8, 4) is 11.3 Å². The first-order valence-electron chi connectivity index (χ1n) is 13.2. The third kappa shape index (κ3) is 8.39. The van der Waals surface area contributed by atoms with Crippen molar-refractivity contribution in [1.82, 2.24) is 10.2 Å². The van der Waals surface area contributed by atoms with Gasteiger partial charge >= 0.3 is 0 Å². The fourth-order valence-corrected chi connectivity index (χ4v) is 5.08. The Morgan fingerprint density at radius 1 is 0.645 bits per heavy atom. The second kappa shape index (κ2) is 13.7. The summed E-state index contributed by atoms with van der Waals surface area (Å²) in [5.74, 6) is 1.96. The maximum absolute atomic E-state index is 4.47. The van der Waals surface area contributed by atoms with E-state index in [4.69, 9.17) is 0 Å². The molecule has 0 radical (unpaired) electrons. The molecule has 1 heterocycles. The Labute approximate surface area is 191 Å². The van der Waals surface area contributed by atoms with E-state index in [9.17, 15) is 0 Å². The molecule has 31 heavy (non-hydrogen) atoms. The predicted octanol–water partition coefficient (Wildman–Crippen LogP) is 8.59. The normalized spacial score (nSPS) is 18.9. The number of nitrogens with zero attached hydrogens (tertiary/aromatic N) is 2. The van der Waals surface area contributed by atoms with Crippen molar-refractivity contribution in [3.63, 3.8) is 0 Å². The number of hydrogen-bond acceptors (Lipinski definition) is 2. The molecule has 1 aliphatic carbocycles. The SMILES string of the molecule is CCCCCCC1CCC(CCc2ccc(-c3ccc(CCCCC)nn3)cc2)CC1. The highest BCUT2D eigenvalue weighted by Gasteiger charge is 2.20. The number of unbranched alkanes of at least 4 members (excludes halogenated alkanes) is 5. The van der Waals surface area contributed by atoms with Gasteiger partial charge in [0.05, 0.1) is 11.4 Å². The average molecular weight is 421 g/mol. The molecule has 0 amide bonds. The Bertz CT molecular complexity index is 711. The van der Waals surface area contributed by atoms with Gasteiger partial charge in [-0.3, -0.25) is 0 Å². The zero-order chi connectivity index (χ0) is 21.7. The molecule has 1 aromatic carbocycles. The van der Waals surface area contributed by atoms with Crippen LogP contribution in [-0.4, -0.2) is 10.2 Å². The van der Waals surface area contributed by atoms with Crippen LogP contribution in [0.15, 0.2) is 36.4 Å². The van der Waals surface area contributed by atoms with E-state index in [1.165, 1.54) is 101 Å². The molecule has 0 bridgehead atoms. The van der Waals surface area contributed by atoms with Crippen molar-refractivity contribution < 1.29 is 0 Å². The van der Waals surface area contributed by atoms with E-state index < -0.39 is 0 Å². The van der Waals surface area contributed by atoms with Crippen LogP contribution >= 0.6 is 0 Å². The maximum atomic E-state index is 4.47. The number of rotatable bonds is 13. The number of benzene rings is 1. The fourth-order valence-electron chi connectivity index (χ4n) is 5.08. The monoisotopic (exact) mass is 420 g/mol. The fraction of sp³-hybridized carbons (Fsp3) is 0.655. The Balaban J connectivity index is 1.38. The lowest BCUT2D eigenvalue weighted by Gasteiger charge is -2.28. The number of aromatic nitrogens is 2. The topological polar surface area (TPSA) is 25.8 Å². The minimum atomic E-state index is 0.942. The molecule has 0 unspecified atom stereocenters. The van der Waals surface area contributed by atoms with E-state index in [1.54, 1.807) is 0 Å². The quantitative estimate of drug-likeness (QED) is 0.303. The van der Waals surface area contributed by atoms with Crippen LogP contribution < -0.4 is 0 Å². The van der Waals surface area contributed by atoms with E-state index in [0.717, 1.165) is 29.6 Å². The second-order valence-corrected chi connectivity index (χ2v) is 9.84. The van der Waals surface area contributed by atoms with E-state index in [-0.39, 0.29) is 0 Å². The Morgan fingerprint density at radius 2 is 1.32 bits per heavy atom. The van der Waals surface area contributed by atoms with Crippen molar-refractivity contribution in [1.29, 1.82) is 0 Å². The molecule has 1 aromatic heterocycles. The lowest BCUT2D eigenvalue weighted by molar-refractivity contribution is 0.249. The van der Waals surface area contributed by atoms with Crippen LogP contribution in [0.5, 0.6) is 0 Å². The van der Waals surface area contributed by atoms with Crippen molar-refractivity contribution in [3.05, 3.63) is 47.7 Å². The molecule has 0 aliphatic heterocycles. The first-order valence-corrected chi connectivity index (χ1v) is 13.2. The van der Waals surface area contributed by atoms with Crippen LogP contribution in [0.1, 0.15) is 109 Å². The van der Waals surface area contributed by atoms with Gasteiger partial charge in [0.15, 0.2) is 0 Å². The van der Waals surface area contributed by atoms with Crippen molar-refractivity contribution >= 4 is 0 Å². The van der Waals surface area contributed by atoms with Gasteiger partial charge in [0, 0.05) is 5.56 Å². The molecule has 170 valence electrons. The molecule has 1 fully saturated rings. The zero-order valence-corrected chi connectivity index (χ0v) is 20.1. The third-order valence-corrected chi connectivity index (χ3v) is 7.28. The molecular weight excluding hydrogens is 376 g/mol. The van der Waals surface area contributed by atoms with Gasteiger partial charge in [-0.1, -0.05) is 109 Å². The van der Waals surface area contributed by atoms with Crippen LogP contribution in [0.4, 0.5) is 0 Å². The summed E-state index contributed by atoms with van der Waals surface area (Å²) in [5.41, 5.74) is 4.75. The first-order chi connectivity index (χ1) is 15.3. The summed E-state index contributed by atoms with van der Waals surface area (Å²) in [5, 5.41) is 8.90. The van der Waals surface area contributed by atoms with Crippen LogP contribution in [0.3, 0.4) is 0 Å². The molecule has 0 spiro atoms. The van der Waals surface area contributed by atoms with Crippen LogP contribution in [0.2, 0.25) is 0 Å². The van der Waals surface area contributed by atoms with Gasteiger partial charge in [-0.05, 0) is 55.2 Å². The lowest BCUT2D eigenvalue weighted by atomic mass is 9.77. The van der Waals surface area contributed by atoms with E-state index >= 15 is 0 Å². The summed E-state index contributed by atoms with van der Waals surface area (Å²) in [6.45, 7) is 4.54. The molecule has 2 heteroatoms. The summed E-state index contributed by atoms with van der Waals surface area (Å²) in [6, 6.07) is 13.3. The van der Waals surface area contributed by atoms with E-state index in [2.05, 4.69) is 60.4 Å². The highest BCUT2D eigenvalue weighted by molar-refractivity contribution is 5.58. The van der Waals surface area contributed by atoms with Crippen LogP contribution in [0, 0.1) is 11.8 Å². The molecule has 2 aromatic rings. The van der Waals surface area contributed by atoms with Gasteiger partial charge in [0.2, 0.25) is 0 Å². The smallest absolute Gasteiger partial charge is 0.0929 e. The Kier molecular flexibility index (Phi) is 10.6. The van der Waals surface area contributed by atoms with Gasteiger partial charge in [-0.25, -0.2) is 0 Å². The van der Waals surface area contributed by atoms with Gasteiger partial charge in [0.25, 0.3) is 0 Å². The minimum absolute atomic E-state index is 0.942. The maximum Gasteiger partial charge on any atom is 0.0929 e. The van der Waals surface area contributed by atoms with Crippen molar-refractivity contribution in [2.24, 2.45) is 11.8 Å². The van der Waals surface area contributed by atoms with Crippen LogP contribution in [-0.2, 0) is 12.8 Å². The summed E-state index contributed by atoms with van der Waals surface area (Å²) >= 11 is 0.